The van der Waals surface area contributed by atoms with Crippen molar-refractivity contribution in [3.05, 3.63) is 41.7 Å². The lowest BCUT2D eigenvalue weighted by atomic mass is 10.2. The van der Waals surface area contributed by atoms with Crippen molar-refractivity contribution in [1.82, 2.24) is 4.90 Å². The highest BCUT2D eigenvalue weighted by Crippen LogP contribution is 2.04. The van der Waals surface area contributed by atoms with Crippen LogP contribution in [-0.4, -0.2) is 25.5 Å². The molecule has 1 aromatic rings. The molecule has 0 saturated carbocycles. The lowest BCUT2D eigenvalue weighted by Gasteiger charge is -2.03. The molecule has 0 bridgehead atoms. The van der Waals surface area contributed by atoms with Gasteiger partial charge in [-0.2, -0.15) is 0 Å². The van der Waals surface area contributed by atoms with E-state index in [1.165, 1.54) is 12.1 Å². The number of likely N-dealkylation sites (N-methyl/N-ethyl adjacent to an activating group) is 1. The number of hydrogen-bond acceptors (Lipinski definition) is 1. The van der Waals surface area contributed by atoms with E-state index in [9.17, 15) is 4.39 Å². The van der Waals surface area contributed by atoms with Crippen molar-refractivity contribution in [3.63, 3.8) is 0 Å². The molecule has 0 aliphatic rings. The highest BCUT2D eigenvalue weighted by atomic mass is 19.1. The van der Waals surface area contributed by atoms with E-state index < -0.39 is 0 Å². The monoisotopic (exact) mass is 179 g/mol. The van der Waals surface area contributed by atoms with Crippen LogP contribution in [0.5, 0.6) is 0 Å². The number of halogens is 1. The summed E-state index contributed by atoms with van der Waals surface area (Å²) >= 11 is 0. The van der Waals surface area contributed by atoms with Crippen molar-refractivity contribution in [3.8, 4) is 0 Å². The summed E-state index contributed by atoms with van der Waals surface area (Å²) in [7, 11) is 4.02. The Kier molecular flexibility index (Phi) is 3.65. The smallest absolute Gasteiger partial charge is 0.123 e. The summed E-state index contributed by atoms with van der Waals surface area (Å²) in [5.74, 6) is -0.190. The molecule has 0 N–H and O–H groups in total. The van der Waals surface area contributed by atoms with Crippen LogP contribution in [0.25, 0.3) is 6.08 Å². The van der Waals surface area contributed by atoms with Crippen LogP contribution in [0.15, 0.2) is 30.3 Å². The van der Waals surface area contributed by atoms with Crippen LogP contribution < -0.4 is 0 Å². The number of nitrogens with zero attached hydrogens (tertiary/aromatic N) is 1. The van der Waals surface area contributed by atoms with Crippen LogP contribution in [0.2, 0.25) is 0 Å². The summed E-state index contributed by atoms with van der Waals surface area (Å²) < 4.78 is 12.5. The van der Waals surface area contributed by atoms with Gasteiger partial charge in [-0.15, -0.1) is 0 Å². The molecule has 0 fully saturated rings. The Morgan fingerprint density at radius 2 is 1.85 bits per heavy atom. The third-order valence-corrected chi connectivity index (χ3v) is 1.65. The summed E-state index contributed by atoms with van der Waals surface area (Å²) in [4.78, 5) is 2.07. The largest absolute Gasteiger partial charge is 0.306 e. The van der Waals surface area contributed by atoms with E-state index >= 15 is 0 Å². The molecule has 0 saturated heterocycles. The topological polar surface area (TPSA) is 3.24 Å². The fraction of sp³-hybridized carbons (Fsp3) is 0.273. The molecule has 2 heteroatoms. The van der Waals surface area contributed by atoms with E-state index in [-0.39, 0.29) is 5.82 Å². The van der Waals surface area contributed by atoms with E-state index in [4.69, 9.17) is 0 Å². The third-order valence-electron chi connectivity index (χ3n) is 1.65. The molecule has 0 aliphatic carbocycles. The van der Waals surface area contributed by atoms with Crippen molar-refractivity contribution in [2.24, 2.45) is 0 Å². The molecule has 0 amide bonds. The van der Waals surface area contributed by atoms with Gasteiger partial charge in [0.05, 0.1) is 0 Å². The Bertz CT molecular complexity index is 275. The summed E-state index contributed by atoms with van der Waals surface area (Å²) in [6.07, 6.45) is 4.03. The quantitative estimate of drug-likeness (QED) is 0.688. The van der Waals surface area contributed by atoms with Gasteiger partial charge in [-0.05, 0) is 31.8 Å². The first-order valence-electron chi connectivity index (χ1n) is 4.25. The zero-order valence-electron chi connectivity index (χ0n) is 8.00. The minimum Gasteiger partial charge on any atom is -0.306 e. The van der Waals surface area contributed by atoms with Crippen LogP contribution in [0, 0.1) is 5.82 Å². The van der Waals surface area contributed by atoms with Crippen molar-refractivity contribution in [2.45, 2.75) is 0 Å². The zero-order chi connectivity index (χ0) is 9.68. The summed E-state index contributed by atoms with van der Waals surface area (Å²) in [5.41, 5.74) is 1.03. The Balaban J connectivity index is 2.54. The molecule has 0 unspecified atom stereocenters. The number of benzene rings is 1. The molecule has 13 heavy (non-hydrogen) atoms. The SMILES string of the molecule is CN(C)C/C=C/c1ccc(F)cc1. The highest BCUT2D eigenvalue weighted by Gasteiger charge is 1.88. The molecular weight excluding hydrogens is 165 g/mol. The first-order chi connectivity index (χ1) is 6.18. The lowest BCUT2D eigenvalue weighted by molar-refractivity contribution is 0.457. The Morgan fingerprint density at radius 3 is 2.38 bits per heavy atom. The predicted octanol–water partition coefficient (Wildman–Crippen LogP) is 2.40. The molecule has 70 valence electrons. The maximum Gasteiger partial charge on any atom is 0.123 e. The first-order valence-corrected chi connectivity index (χ1v) is 4.25. The van der Waals surface area contributed by atoms with E-state index in [1.54, 1.807) is 12.1 Å². The second kappa shape index (κ2) is 4.77. The van der Waals surface area contributed by atoms with Crippen molar-refractivity contribution >= 4 is 6.08 Å². The average molecular weight is 179 g/mol. The molecule has 0 aliphatic heterocycles. The van der Waals surface area contributed by atoms with Crippen molar-refractivity contribution in [1.29, 1.82) is 0 Å². The van der Waals surface area contributed by atoms with E-state index in [2.05, 4.69) is 4.90 Å². The van der Waals surface area contributed by atoms with E-state index in [1.807, 2.05) is 26.2 Å². The molecule has 0 heterocycles. The van der Waals surface area contributed by atoms with Gasteiger partial charge in [0.25, 0.3) is 0 Å². The molecule has 0 spiro atoms. The Morgan fingerprint density at radius 1 is 1.23 bits per heavy atom. The average Bonchev–Trinajstić information content (AvgIpc) is 2.08. The van der Waals surface area contributed by atoms with Gasteiger partial charge in [0.15, 0.2) is 0 Å². The third kappa shape index (κ3) is 3.85. The Labute approximate surface area is 78.5 Å². The van der Waals surface area contributed by atoms with Gasteiger partial charge in [0, 0.05) is 6.54 Å². The van der Waals surface area contributed by atoms with Crippen LogP contribution >= 0.6 is 0 Å². The zero-order valence-corrected chi connectivity index (χ0v) is 8.00. The van der Waals surface area contributed by atoms with Gasteiger partial charge in [-0.1, -0.05) is 24.3 Å². The van der Waals surface area contributed by atoms with Crippen molar-refractivity contribution in [2.75, 3.05) is 20.6 Å². The second-order valence-corrected chi connectivity index (χ2v) is 3.22. The lowest BCUT2D eigenvalue weighted by Crippen LogP contribution is -2.10. The van der Waals surface area contributed by atoms with Gasteiger partial charge in [-0.25, -0.2) is 4.39 Å². The molecule has 0 radical (unpaired) electrons. The molecule has 0 aromatic heterocycles. The number of hydrogen-bond donors (Lipinski definition) is 0. The Hall–Kier alpha value is -1.15. The van der Waals surface area contributed by atoms with Crippen LogP contribution in [0.1, 0.15) is 5.56 Å². The van der Waals surface area contributed by atoms with Crippen LogP contribution in [-0.2, 0) is 0 Å². The standard InChI is InChI=1S/C11H14FN/c1-13(2)9-3-4-10-5-7-11(12)8-6-10/h3-8H,9H2,1-2H3/b4-3+. The maximum absolute atomic E-state index is 12.5. The van der Waals surface area contributed by atoms with Gasteiger partial charge in [0.1, 0.15) is 5.82 Å². The number of rotatable bonds is 3. The predicted molar refractivity (Wildman–Crippen MR) is 54.0 cm³/mol. The van der Waals surface area contributed by atoms with Gasteiger partial charge < -0.3 is 4.90 Å². The molecular formula is C11H14FN. The van der Waals surface area contributed by atoms with E-state index in [0.29, 0.717) is 0 Å². The second-order valence-electron chi connectivity index (χ2n) is 3.22. The minimum atomic E-state index is -0.190. The van der Waals surface area contributed by atoms with Crippen LogP contribution in [0.4, 0.5) is 4.39 Å². The maximum atomic E-state index is 12.5. The summed E-state index contributed by atoms with van der Waals surface area (Å²) in [6, 6.07) is 6.47. The van der Waals surface area contributed by atoms with Gasteiger partial charge >= 0.3 is 0 Å². The van der Waals surface area contributed by atoms with E-state index in [0.717, 1.165) is 12.1 Å². The summed E-state index contributed by atoms with van der Waals surface area (Å²) in [6.45, 7) is 0.900. The van der Waals surface area contributed by atoms with Gasteiger partial charge in [-0.3, -0.25) is 0 Å². The van der Waals surface area contributed by atoms with Gasteiger partial charge in [0.2, 0.25) is 0 Å². The minimum absolute atomic E-state index is 0.190. The molecule has 1 rings (SSSR count). The highest BCUT2D eigenvalue weighted by molar-refractivity contribution is 5.48. The van der Waals surface area contributed by atoms with Crippen molar-refractivity contribution < 1.29 is 4.39 Å². The fourth-order valence-corrected chi connectivity index (χ4v) is 0.973. The summed E-state index contributed by atoms with van der Waals surface area (Å²) in [5, 5.41) is 0. The molecule has 0 atom stereocenters. The fourth-order valence-electron chi connectivity index (χ4n) is 0.973. The van der Waals surface area contributed by atoms with Crippen LogP contribution in [0.3, 0.4) is 0 Å². The first kappa shape index (κ1) is 9.93. The normalized spacial score (nSPS) is 11.4. The molecule has 1 aromatic carbocycles. The molecule has 1 nitrogen and oxygen atoms in total.